The third kappa shape index (κ3) is 5.45. The lowest BCUT2D eigenvalue weighted by atomic mass is 10.1. The Morgan fingerprint density at radius 1 is 1.05 bits per heavy atom. The van der Waals surface area contributed by atoms with Gasteiger partial charge in [0.05, 0.1) is 12.1 Å². The summed E-state index contributed by atoms with van der Waals surface area (Å²) in [5.41, 5.74) is 5.39. The summed E-state index contributed by atoms with van der Waals surface area (Å²) >= 11 is 0. The van der Waals surface area contributed by atoms with Crippen LogP contribution in [0.4, 0.5) is 0 Å². The number of nitrogens with one attached hydrogen (secondary N) is 1. The van der Waals surface area contributed by atoms with E-state index in [9.17, 15) is 4.79 Å². The van der Waals surface area contributed by atoms with E-state index in [0.717, 1.165) is 16.8 Å². The van der Waals surface area contributed by atoms with E-state index in [2.05, 4.69) is 10.5 Å². The standard InChI is InChI=1S/C18H18N2O/c1-15(12-13-16-8-4-2-5-9-16)19-20-18(21)14-17-10-6-3-7-11-17/h2-13H,14H2,1H3,(H,20,21)/b13-12-,19-15+. The molecule has 0 spiro atoms. The monoisotopic (exact) mass is 278 g/mol. The fourth-order valence-corrected chi connectivity index (χ4v) is 1.79. The van der Waals surface area contributed by atoms with Crippen molar-refractivity contribution < 1.29 is 4.79 Å². The van der Waals surface area contributed by atoms with E-state index >= 15 is 0 Å². The first-order chi connectivity index (χ1) is 10.2. The average molecular weight is 278 g/mol. The summed E-state index contributed by atoms with van der Waals surface area (Å²) in [5, 5.41) is 4.07. The van der Waals surface area contributed by atoms with Crippen LogP contribution in [-0.4, -0.2) is 11.6 Å². The van der Waals surface area contributed by atoms with E-state index in [1.165, 1.54) is 0 Å². The molecule has 1 amide bonds. The topological polar surface area (TPSA) is 41.5 Å². The molecule has 2 rings (SSSR count). The number of rotatable bonds is 5. The molecule has 0 unspecified atom stereocenters. The van der Waals surface area contributed by atoms with Gasteiger partial charge in [-0.15, -0.1) is 0 Å². The second-order valence-electron chi connectivity index (χ2n) is 4.69. The first-order valence-electron chi connectivity index (χ1n) is 6.84. The summed E-state index contributed by atoms with van der Waals surface area (Å²) in [4.78, 5) is 11.7. The summed E-state index contributed by atoms with van der Waals surface area (Å²) in [6.45, 7) is 1.85. The first-order valence-corrected chi connectivity index (χ1v) is 6.84. The fourth-order valence-electron chi connectivity index (χ4n) is 1.79. The van der Waals surface area contributed by atoms with Gasteiger partial charge >= 0.3 is 0 Å². The van der Waals surface area contributed by atoms with Crippen LogP contribution in [0.3, 0.4) is 0 Å². The molecule has 0 saturated carbocycles. The number of nitrogens with zero attached hydrogens (tertiary/aromatic N) is 1. The third-order valence-corrected chi connectivity index (χ3v) is 2.88. The maximum Gasteiger partial charge on any atom is 0.244 e. The highest BCUT2D eigenvalue weighted by atomic mass is 16.2. The van der Waals surface area contributed by atoms with Crippen LogP contribution in [0.5, 0.6) is 0 Å². The highest BCUT2D eigenvalue weighted by Crippen LogP contribution is 2.01. The highest BCUT2D eigenvalue weighted by molar-refractivity contribution is 5.97. The Hall–Kier alpha value is -2.68. The van der Waals surface area contributed by atoms with Gasteiger partial charge in [-0.05, 0) is 24.1 Å². The molecular formula is C18H18N2O. The van der Waals surface area contributed by atoms with Crippen molar-refractivity contribution in [2.45, 2.75) is 13.3 Å². The number of carbonyl (C=O) groups is 1. The Kier molecular flexibility index (Phi) is 5.47. The smallest absolute Gasteiger partial charge is 0.244 e. The minimum atomic E-state index is -0.117. The zero-order valence-electron chi connectivity index (χ0n) is 12.0. The SMILES string of the molecule is CC(/C=C\c1ccccc1)=N\NC(=O)Cc1ccccc1. The Balaban J connectivity index is 1.85. The predicted octanol–water partition coefficient (Wildman–Crippen LogP) is 3.43. The largest absolute Gasteiger partial charge is 0.273 e. The second-order valence-corrected chi connectivity index (χ2v) is 4.69. The van der Waals surface area contributed by atoms with Crippen LogP contribution in [-0.2, 0) is 11.2 Å². The maximum absolute atomic E-state index is 11.7. The zero-order valence-corrected chi connectivity index (χ0v) is 12.0. The van der Waals surface area contributed by atoms with Crippen molar-refractivity contribution in [1.82, 2.24) is 5.43 Å². The number of hydrazone groups is 1. The number of hydrogen-bond acceptors (Lipinski definition) is 2. The highest BCUT2D eigenvalue weighted by Gasteiger charge is 2.00. The van der Waals surface area contributed by atoms with Crippen molar-refractivity contribution in [3.05, 3.63) is 77.9 Å². The van der Waals surface area contributed by atoms with Crippen molar-refractivity contribution in [2.24, 2.45) is 5.10 Å². The van der Waals surface area contributed by atoms with Crippen LogP contribution in [0.25, 0.3) is 6.08 Å². The molecule has 2 aromatic carbocycles. The molecule has 21 heavy (non-hydrogen) atoms. The van der Waals surface area contributed by atoms with Crippen LogP contribution in [0.2, 0.25) is 0 Å². The lowest BCUT2D eigenvalue weighted by Gasteiger charge is -2.00. The van der Waals surface area contributed by atoms with E-state index < -0.39 is 0 Å². The first kappa shape index (κ1) is 14.7. The lowest BCUT2D eigenvalue weighted by Crippen LogP contribution is -2.20. The van der Waals surface area contributed by atoms with Gasteiger partial charge in [0.25, 0.3) is 0 Å². The van der Waals surface area contributed by atoms with Gasteiger partial charge in [-0.1, -0.05) is 66.7 Å². The molecule has 106 valence electrons. The van der Waals surface area contributed by atoms with Gasteiger partial charge in [0.1, 0.15) is 0 Å². The van der Waals surface area contributed by atoms with Crippen molar-refractivity contribution >= 4 is 17.7 Å². The van der Waals surface area contributed by atoms with E-state index in [4.69, 9.17) is 0 Å². The Bertz CT molecular complexity index is 631. The molecule has 0 atom stereocenters. The molecule has 0 saturated heterocycles. The van der Waals surface area contributed by atoms with Crippen molar-refractivity contribution in [1.29, 1.82) is 0 Å². The van der Waals surface area contributed by atoms with Crippen molar-refractivity contribution in [2.75, 3.05) is 0 Å². The molecule has 0 heterocycles. The number of hydrogen-bond donors (Lipinski definition) is 1. The van der Waals surface area contributed by atoms with Crippen LogP contribution < -0.4 is 5.43 Å². The molecule has 0 aliphatic heterocycles. The zero-order chi connectivity index (χ0) is 14.9. The van der Waals surface area contributed by atoms with Gasteiger partial charge in [-0.2, -0.15) is 5.10 Å². The van der Waals surface area contributed by atoms with Crippen LogP contribution in [0.1, 0.15) is 18.1 Å². The van der Waals surface area contributed by atoms with Crippen LogP contribution in [0, 0.1) is 0 Å². The lowest BCUT2D eigenvalue weighted by molar-refractivity contribution is -0.120. The average Bonchev–Trinajstić information content (AvgIpc) is 2.53. The molecule has 0 aromatic heterocycles. The molecule has 0 aliphatic carbocycles. The van der Waals surface area contributed by atoms with E-state index in [-0.39, 0.29) is 5.91 Å². The maximum atomic E-state index is 11.7. The number of carbonyl (C=O) groups excluding carboxylic acids is 1. The second kappa shape index (κ2) is 7.80. The van der Waals surface area contributed by atoms with Gasteiger partial charge in [0.2, 0.25) is 5.91 Å². The summed E-state index contributed by atoms with van der Waals surface area (Å²) < 4.78 is 0. The Morgan fingerprint density at radius 3 is 2.33 bits per heavy atom. The van der Waals surface area contributed by atoms with Gasteiger partial charge in [-0.25, -0.2) is 5.43 Å². The van der Waals surface area contributed by atoms with Gasteiger partial charge in [0.15, 0.2) is 0 Å². The fraction of sp³-hybridized carbons (Fsp3) is 0.111. The molecule has 0 bridgehead atoms. The molecule has 3 heteroatoms. The number of allylic oxidation sites excluding steroid dienone is 1. The Morgan fingerprint density at radius 2 is 1.67 bits per heavy atom. The van der Waals surface area contributed by atoms with Crippen LogP contribution in [0.15, 0.2) is 71.8 Å². The van der Waals surface area contributed by atoms with Gasteiger partial charge in [0, 0.05) is 0 Å². The summed E-state index contributed by atoms with van der Waals surface area (Å²) in [7, 11) is 0. The number of benzene rings is 2. The Labute approximate surface area is 125 Å². The molecular weight excluding hydrogens is 260 g/mol. The van der Waals surface area contributed by atoms with Crippen molar-refractivity contribution in [3.8, 4) is 0 Å². The molecule has 0 fully saturated rings. The van der Waals surface area contributed by atoms with E-state index in [1.54, 1.807) is 0 Å². The number of amides is 1. The van der Waals surface area contributed by atoms with E-state index in [1.807, 2.05) is 79.7 Å². The molecule has 1 N–H and O–H groups in total. The van der Waals surface area contributed by atoms with Crippen LogP contribution >= 0.6 is 0 Å². The summed E-state index contributed by atoms with van der Waals surface area (Å²) in [6, 6.07) is 19.6. The van der Waals surface area contributed by atoms with Crippen molar-refractivity contribution in [3.63, 3.8) is 0 Å². The summed E-state index contributed by atoms with van der Waals surface area (Å²) in [5.74, 6) is -0.117. The minimum absolute atomic E-state index is 0.117. The minimum Gasteiger partial charge on any atom is -0.273 e. The van der Waals surface area contributed by atoms with Gasteiger partial charge < -0.3 is 0 Å². The normalized spacial score (nSPS) is 11.6. The predicted molar refractivity (Wildman–Crippen MR) is 86.9 cm³/mol. The quantitative estimate of drug-likeness (QED) is 0.660. The third-order valence-electron chi connectivity index (χ3n) is 2.88. The van der Waals surface area contributed by atoms with Gasteiger partial charge in [-0.3, -0.25) is 4.79 Å². The molecule has 0 radical (unpaired) electrons. The summed E-state index contributed by atoms with van der Waals surface area (Å²) in [6.07, 6.45) is 4.17. The van der Waals surface area contributed by atoms with E-state index in [0.29, 0.717) is 6.42 Å². The molecule has 2 aromatic rings. The molecule has 0 aliphatic rings. The molecule has 3 nitrogen and oxygen atoms in total.